The second-order valence-electron chi connectivity index (χ2n) is 3.94. The van der Waals surface area contributed by atoms with Crippen molar-refractivity contribution < 1.29 is 19.1 Å². The molecule has 5 nitrogen and oxygen atoms in total. The lowest BCUT2D eigenvalue weighted by Crippen LogP contribution is -2.42. The van der Waals surface area contributed by atoms with Gasteiger partial charge in [0.05, 0.1) is 0 Å². The van der Waals surface area contributed by atoms with E-state index in [0.717, 1.165) is 0 Å². The SMILES string of the molecule is CC(NC(=O)OC(C)(C)C)C(=O)OCI. The van der Waals surface area contributed by atoms with Crippen LogP contribution in [0.15, 0.2) is 0 Å². The van der Waals surface area contributed by atoms with Gasteiger partial charge in [-0.2, -0.15) is 0 Å². The zero-order valence-corrected chi connectivity index (χ0v) is 11.5. The van der Waals surface area contributed by atoms with Crippen molar-refractivity contribution in [1.82, 2.24) is 5.32 Å². The molecule has 0 saturated heterocycles. The molecule has 0 spiro atoms. The van der Waals surface area contributed by atoms with Gasteiger partial charge in [0.2, 0.25) is 0 Å². The first-order valence-electron chi connectivity index (χ1n) is 4.48. The quantitative estimate of drug-likeness (QED) is 0.487. The third kappa shape index (κ3) is 7.40. The predicted octanol–water partition coefficient (Wildman–Crippen LogP) is 1.84. The first-order valence-corrected chi connectivity index (χ1v) is 6.01. The Morgan fingerprint density at radius 1 is 1.40 bits per heavy atom. The van der Waals surface area contributed by atoms with Gasteiger partial charge in [0.1, 0.15) is 16.3 Å². The summed E-state index contributed by atoms with van der Waals surface area (Å²) in [5.74, 6) is -0.477. The van der Waals surface area contributed by atoms with Gasteiger partial charge in [-0.1, -0.05) is 0 Å². The van der Waals surface area contributed by atoms with Crippen molar-refractivity contribution in [2.45, 2.75) is 39.3 Å². The third-order valence-corrected chi connectivity index (χ3v) is 1.60. The van der Waals surface area contributed by atoms with Crippen LogP contribution in [0.5, 0.6) is 0 Å². The lowest BCUT2D eigenvalue weighted by molar-refractivity contribution is -0.143. The number of alkyl halides is 1. The van der Waals surface area contributed by atoms with Crippen molar-refractivity contribution in [3.63, 3.8) is 0 Å². The largest absolute Gasteiger partial charge is 0.453 e. The smallest absolute Gasteiger partial charge is 0.408 e. The van der Waals surface area contributed by atoms with E-state index in [1.165, 1.54) is 0 Å². The van der Waals surface area contributed by atoms with E-state index in [9.17, 15) is 9.59 Å². The predicted molar refractivity (Wildman–Crippen MR) is 63.8 cm³/mol. The zero-order valence-electron chi connectivity index (χ0n) is 9.30. The molecule has 6 heteroatoms. The summed E-state index contributed by atoms with van der Waals surface area (Å²) in [5, 5.41) is 2.38. The Morgan fingerprint density at radius 3 is 2.33 bits per heavy atom. The maximum Gasteiger partial charge on any atom is 0.408 e. The van der Waals surface area contributed by atoms with Crippen LogP contribution in [0.2, 0.25) is 0 Å². The van der Waals surface area contributed by atoms with Crippen molar-refractivity contribution in [3.05, 3.63) is 0 Å². The fourth-order valence-electron chi connectivity index (χ4n) is 0.722. The summed E-state index contributed by atoms with van der Waals surface area (Å²) in [6.07, 6.45) is -0.625. The van der Waals surface area contributed by atoms with Gasteiger partial charge < -0.3 is 14.8 Å². The van der Waals surface area contributed by atoms with Crippen LogP contribution < -0.4 is 5.32 Å². The van der Waals surface area contributed by atoms with Crippen molar-refractivity contribution in [2.24, 2.45) is 0 Å². The summed E-state index contributed by atoms with van der Waals surface area (Å²) >= 11 is 1.90. The highest BCUT2D eigenvalue weighted by molar-refractivity contribution is 14.1. The highest BCUT2D eigenvalue weighted by Crippen LogP contribution is 2.06. The summed E-state index contributed by atoms with van der Waals surface area (Å²) < 4.78 is 9.95. The Labute approximate surface area is 103 Å². The van der Waals surface area contributed by atoms with Gasteiger partial charge in [-0.25, -0.2) is 9.59 Å². The van der Waals surface area contributed by atoms with E-state index in [1.807, 2.05) is 22.6 Å². The van der Waals surface area contributed by atoms with Gasteiger partial charge >= 0.3 is 12.1 Å². The fourth-order valence-corrected chi connectivity index (χ4v) is 1.03. The topological polar surface area (TPSA) is 64.6 Å². The molecule has 15 heavy (non-hydrogen) atoms. The van der Waals surface area contributed by atoms with E-state index >= 15 is 0 Å². The van der Waals surface area contributed by atoms with Gasteiger partial charge in [0.25, 0.3) is 0 Å². The van der Waals surface area contributed by atoms with E-state index in [2.05, 4.69) is 5.32 Å². The lowest BCUT2D eigenvalue weighted by Gasteiger charge is -2.21. The molecule has 1 unspecified atom stereocenters. The number of ether oxygens (including phenoxy) is 2. The minimum atomic E-state index is -0.699. The highest BCUT2D eigenvalue weighted by atomic mass is 127. The standard InChI is InChI=1S/C9H16INO4/c1-6(7(12)14-5-10)11-8(13)15-9(2,3)4/h6H,5H2,1-4H3,(H,11,13). The molecule has 0 saturated carbocycles. The zero-order chi connectivity index (χ0) is 12.1. The molecule has 1 atom stereocenters. The van der Waals surface area contributed by atoms with Crippen molar-refractivity contribution in [3.8, 4) is 0 Å². The van der Waals surface area contributed by atoms with Crippen molar-refractivity contribution in [1.29, 1.82) is 0 Å². The van der Waals surface area contributed by atoms with Crippen LogP contribution >= 0.6 is 22.6 Å². The third-order valence-electron chi connectivity index (χ3n) is 1.28. The monoisotopic (exact) mass is 329 g/mol. The molecule has 0 heterocycles. The van der Waals surface area contributed by atoms with Gasteiger partial charge in [0.15, 0.2) is 0 Å². The summed E-state index contributed by atoms with van der Waals surface area (Å²) in [7, 11) is 0. The van der Waals surface area contributed by atoms with Crippen LogP contribution in [-0.2, 0) is 14.3 Å². The first-order chi connectivity index (χ1) is 6.76. The van der Waals surface area contributed by atoms with Crippen LogP contribution in [0.3, 0.4) is 0 Å². The molecule has 1 amide bonds. The number of amides is 1. The molecule has 0 aliphatic rings. The Balaban J connectivity index is 4.02. The summed E-state index contributed by atoms with van der Waals surface area (Å²) in [4.78, 5) is 22.4. The van der Waals surface area contributed by atoms with Crippen LogP contribution in [0.4, 0.5) is 4.79 Å². The molecule has 88 valence electrons. The van der Waals surface area contributed by atoms with Gasteiger partial charge in [0, 0.05) is 0 Å². The highest BCUT2D eigenvalue weighted by Gasteiger charge is 2.21. The molecule has 0 aromatic heterocycles. The Hall–Kier alpha value is -0.530. The maximum atomic E-state index is 11.2. The molecule has 0 aromatic carbocycles. The van der Waals surface area contributed by atoms with E-state index in [1.54, 1.807) is 27.7 Å². The number of esters is 1. The Kier molecular flexibility index (Phi) is 5.92. The minimum absolute atomic E-state index is 0.261. The van der Waals surface area contributed by atoms with E-state index in [0.29, 0.717) is 0 Å². The second kappa shape index (κ2) is 6.14. The first kappa shape index (κ1) is 14.5. The summed E-state index contributed by atoms with van der Waals surface area (Å²) in [6, 6.07) is -0.699. The molecule has 0 fully saturated rings. The number of hydrogen-bond donors (Lipinski definition) is 1. The molecule has 0 aliphatic carbocycles. The van der Waals surface area contributed by atoms with E-state index < -0.39 is 23.7 Å². The van der Waals surface area contributed by atoms with Crippen LogP contribution in [0.25, 0.3) is 0 Å². The van der Waals surface area contributed by atoms with E-state index in [4.69, 9.17) is 9.47 Å². The second-order valence-corrected chi connectivity index (χ2v) is 4.56. The van der Waals surface area contributed by atoms with Crippen molar-refractivity contribution in [2.75, 3.05) is 4.61 Å². The average molecular weight is 329 g/mol. The number of rotatable bonds is 3. The molecular formula is C9H16INO4. The average Bonchev–Trinajstić information content (AvgIpc) is 2.00. The molecule has 0 rings (SSSR count). The lowest BCUT2D eigenvalue weighted by atomic mass is 10.2. The van der Waals surface area contributed by atoms with E-state index in [-0.39, 0.29) is 4.61 Å². The number of halogens is 1. The Morgan fingerprint density at radius 2 is 1.93 bits per heavy atom. The maximum absolute atomic E-state index is 11.2. The molecule has 0 aromatic rings. The molecule has 0 bridgehead atoms. The Bertz CT molecular complexity index is 237. The number of carbonyl (C=O) groups is 2. The van der Waals surface area contributed by atoms with Gasteiger partial charge in [-0.3, -0.25) is 0 Å². The van der Waals surface area contributed by atoms with Crippen LogP contribution in [-0.4, -0.2) is 28.3 Å². The number of nitrogens with one attached hydrogen (secondary N) is 1. The number of carbonyl (C=O) groups excluding carboxylic acids is 2. The van der Waals surface area contributed by atoms with Crippen molar-refractivity contribution >= 4 is 34.7 Å². The molecule has 0 radical (unpaired) electrons. The normalized spacial score (nSPS) is 12.9. The van der Waals surface area contributed by atoms with Gasteiger partial charge in [-0.15, -0.1) is 0 Å². The van der Waals surface area contributed by atoms with Gasteiger partial charge in [-0.05, 0) is 50.3 Å². The van der Waals surface area contributed by atoms with Crippen LogP contribution in [0, 0.1) is 0 Å². The number of hydrogen-bond acceptors (Lipinski definition) is 4. The van der Waals surface area contributed by atoms with Crippen LogP contribution in [0.1, 0.15) is 27.7 Å². The molecule has 0 aliphatic heterocycles. The fraction of sp³-hybridized carbons (Fsp3) is 0.778. The summed E-state index contributed by atoms with van der Waals surface area (Å²) in [5.41, 5.74) is -0.572. The number of alkyl carbamates (subject to hydrolysis) is 1. The molecular weight excluding hydrogens is 313 g/mol. The molecule has 1 N–H and O–H groups in total. The minimum Gasteiger partial charge on any atom is -0.453 e. The summed E-state index contributed by atoms with van der Waals surface area (Å²) in [6.45, 7) is 6.79.